The fourth-order valence-corrected chi connectivity index (χ4v) is 4.17. The first-order valence-corrected chi connectivity index (χ1v) is 7.93. The van der Waals surface area contributed by atoms with Crippen LogP contribution in [0, 0.1) is 23.7 Å². The monoisotopic (exact) mass is 303 g/mol. The van der Waals surface area contributed by atoms with Crippen LogP contribution >= 0.6 is 11.6 Å². The predicted octanol–water partition coefficient (Wildman–Crippen LogP) is 4.97. The van der Waals surface area contributed by atoms with Crippen LogP contribution in [0.2, 0.25) is 5.02 Å². The molecule has 0 unspecified atom stereocenters. The molecular weight excluding hydrogens is 282 g/mol. The molecule has 0 radical (unpaired) electrons. The number of carbonyl (C=O) groups excluding carboxylic acids is 1. The van der Waals surface area contributed by atoms with Gasteiger partial charge in [0.15, 0.2) is 5.78 Å². The SMILES string of the molecule is Cc1ccc(Cl)c(N/C=C2\C(=O)[C@@]3(C)CC[C@H]2C3(C)C)c1. The highest BCUT2D eigenvalue weighted by Gasteiger charge is 2.63. The van der Waals surface area contributed by atoms with Crippen LogP contribution in [-0.4, -0.2) is 5.78 Å². The lowest BCUT2D eigenvalue weighted by molar-refractivity contribution is -0.125. The summed E-state index contributed by atoms with van der Waals surface area (Å²) in [6.07, 6.45) is 4.00. The number of ketones is 1. The van der Waals surface area contributed by atoms with Crippen molar-refractivity contribution in [2.75, 3.05) is 5.32 Å². The number of carbonyl (C=O) groups is 1. The van der Waals surface area contributed by atoms with Crippen molar-refractivity contribution in [3.63, 3.8) is 0 Å². The molecule has 2 fully saturated rings. The molecule has 2 bridgehead atoms. The molecule has 0 saturated heterocycles. The molecule has 21 heavy (non-hydrogen) atoms. The Morgan fingerprint density at radius 2 is 2.05 bits per heavy atom. The van der Waals surface area contributed by atoms with Crippen molar-refractivity contribution in [3.05, 3.63) is 40.6 Å². The highest BCUT2D eigenvalue weighted by molar-refractivity contribution is 6.33. The second-order valence-corrected chi connectivity index (χ2v) is 7.61. The molecule has 0 aliphatic heterocycles. The lowest BCUT2D eigenvalue weighted by Crippen LogP contribution is -2.32. The number of fused-ring (bicyclic) bond motifs is 2. The van der Waals surface area contributed by atoms with Gasteiger partial charge in [-0.3, -0.25) is 4.79 Å². The van der Waals surface area contributed by atoms with Gasteiger partial charge in [0, 0.05) is 17.2 Å². The Labute approximate surface area is 131 Å². The van der Waals surface area contributed by atoms with Crippen LogP contribution in [0.3, 0.4) is 0 Å². The fraction of sp³-hybridized carbons (Fsp3) is 0.500. The third kappa shape index (κ3) is 1.96. The fourth-order valence-electron chi connectivity index (χ4n) is 4.00. The van der Waals surface area contributed by atoms with E-state index in [0.717, 1.165) is 29.7 Å². The van der Waals surface area contributed by atoms with Gasteiger partial charge < -0.3 is 5.32 Å². The van der Waals surface area contributed by atoms with Gasteiger partial charge in [-0.25, -0.2) is 0 Å². The molecule has 2 aliphatic carbocycles. The highest BCUT2D eigenvalue weighted by Crippen LogP contribution is 2.65. The Morgan fingerprint density at radius 1 is 1.33 bits per heavy atom. The minimum Gasteiger partial charge on any atom is -0.360 e. The molecule has 1 N–H and O–H groups in total. The number of rotatable bonds is 2. The topological polar surface area (TPSA) is 29.1 Å². The van der Waals surface area contributed by atoms with Crippen LogP contribution < -0.4 is 5.32 Å². The molecule has 1 aromatic rings. The van der Waals surface area contributed by atoms with E-state index in [9.17, 15) is 4.79 Å². The normalized spacial score (nSPS) is 32.0. The smallest absolute Gasteiger partial charge is 0.167 e. The first-order valence-electron chi connectivity index (χ1n) is 7.55. The zero-order valence-electron chi connectivity index (χ0n) is 13.1. The molecule has 0 amide bonds. The highest BCUT2D eigenvalue weighted by atomic mass is 35.5. The maximum Gasteiger partial charge on any atom is 0.167 e. The van der Waals surface area contributed by atoms with E-state index >= 15 is 0 Å². The third-order valence-electron chi connectivity index (χ3n) is 5.87. The van der Waals surface area contributed by atoms with Crippen LogP contribution in [0.5, 0.6) is 0 Å². The van der Waals surface area contributed by atoms with E-state index in [-0.39, 0.29) is 10.8 Å². The van der Waals surface area contributed by atoms with Crippen LogP contribution in [0.15, 0.2) is 30.0 Å². The number of hydrogen-bond acceptors (Lipinski definition) is 2. The van der Waals surface area contributed by atoms with Gasteiger partial charge in [-0.1, -0.05) is 38.4 Å². The predicted molar refractivity (Wildman–Crippen MR) is 87.5 cm³/mol. The molecule has 2 atom stereocenters. The van der Waals surface area contributed by atoms with Gasteiger partial charge in [0.1, 0.15) is 0 Å². The second kappa shape index (κ2) is 4.61. The van der Waals surface area contributed by atoms with Gasteiger partial charge in [0.2, 0.25) is 0 Å². The summed E-state index contributed by atoms with van der Waals surface area (Å²) < 4.78 is 0. The van der Waals surface area contributed by atoms with Crippen molar-refractivity contribution in [2.45, 2.75) is 40.5 Å². The number of halogens is 1. The molecule has 0 spiro atoms. The average molecular weight is 304 g/mol. The third-order valence-corrected chi connectivity index (χ3v) is 6.20. The summed E-state index contributed by atoms with van der Waals surface area (Å²) in [6, 6.07) is 5.86. The van der Waals surface area contributed by atoms with E-state index in [1.807, 2.05) is 31.3 Å². The largest absolute Gasteiger partial charge is 0.360 e. The van der Waals surface area contributed by atoms with Crippen LogP contribution in [-0.2, 0) is 4.79 Å². The van der Waals surface area contributed by atoms with Crippen molar-refractivity contribution >= 4 is 23.1 Å². The summed E-state index contributed by atoms with van der Waals surface area (Å²) in [7, 11) is 0. The van der Waals surface area contributed by atoms with Gasteiger partial charge >= 0.3 is 0 Å². The maximum absolute atomic E-state index is 12.7. The second-order valence-electron chi connectivity index (χ2n) is 7.20. The molecule has 2 nitrogen and oxygen atoms in total. The van der Waals surface area contributed by atoms with E-state index < -0.39 is 0 Å². The molecular formula is C18H22ClNO. The number of nitrogens with one attached hydrogen (secondary N) is 1. The minimum absolute atomic E-state index is 0.0496. The average Bonchev–Trinajstić information content (AvgIpc) is 2.73. The number of Topliss-reactive ketones (excluding diaryl/α,β-unsaturated/α-hetero) is 1. The minimum atomic E-state index is -0.207. The van der Waals surface area contributed by atoms with E-state index in [4.69, 9.17) is 11.6 Å². The lowest BCUT2D eigenvalue weighted by Gasteiger charge is -2.31. The summed E-state index contributed by atoms with van der Waals surface area (Å²) in [6.45, 7) is 8.60. The first kappa shape index (κ1) is 14.6. The van der Waals surface area contributed by atoms with E-state index in [0.29, 0.717) is 16.7 Å². The molecule has 3 rings (SSSR count). The zero-order chi connectivity index (χ0) is 15.4. The molecule has 1 aromatic carbocycles. The molecule has 0 heterocycles. The molecule has 2 saturated carbocycles. The van der Waals surface area contributed by atoms with Gasteiger partial charge in [-0.05, 0) is 48.8 Å². The number of anilines is 1. The van der Waals surface area contributed by atoms with Crippen molar-refractivity contribution < 1.29 is 4.79 Å². The summed E-state index contributed by atoms with van der Waals surface area (Å²) in [5.41, 5.74) is 2.79. The van der Waals surface area contributed by atoms with E-state index in [1.165, 1.54) is 0 Å². The number of benzene rings is 1. The summed E-state index contributed by atoms with van der Waals surface area (Å²) in [5, 5.41) is 3.93. The van der Waals surface area contributed by atoms with Gasteiger partial charge in [0.25, 0.3) is 0 Å². The Balaban J connectivity index is 1.92. The van der Waals surface area contributed by atoms with Crippen LogP contribution in [0.4, 0.5) is 5.69 Å². The van der Waals surface area contributed by atoms with E-state index in [1.54, 1.807) is 0 Å². The van der Waals surface area contributed by atoms with Crippen LogP contribution in [0.25, 0.3) is 0 Å². The van der Waals surface area contributed by atoms with Crippen molar-refractivity contribution in [1.29, 1.82) is 0 Å². The summed E-state index contributed by atoms with van der Waals surface area (Å²) in [5.74, 6) is 0.658. The Kier molecular flexibility index (Phi) is 3.21. The number of hydrogen-bond donors (Lipinski definition) is 1. The molecule has 0 aromatic heterocycles. The summed E-state index contributed by atoms with van der Waals surface area (Å²) in [4.78, 5) is 12.7. The zero-order valence-corrected chi connectivity index (χ0v) is 13.8. The van der Waals surface area contributed by atoms with E-state index in [2.05, 4.69) is 26.1 Å². The maximum atomic E-state index is 12.7. The molecule has 112 valence electrons. The number of aryl methyl sites for hydroxylation is 1. The Hall–Kier alpha value is -1.28. The standard InChI is InChI=1S/C18H22ClNO/c1-11-5-6-14(19)15(9-11)20-10-12-13-7-8-18(4,16(12)21)17(13,2)3/h5-6,9-10,13,20H,7-8H2,1-4H3/b12-10-/t13-,18-/m1/s1. The molecule has 3 heteroatoms. The summed E-state index contributed by atoms with van der Waals surface area (Å²) >= 11 is 6.20. The lowest BCUT2D eigenvalue weighted by atomic mass is 9.70. The van der Waals surface area contributed by atoms with Crippen molar-refractivity contribution in [1.82, 2.24) is 0 Å². The first-order chi connectivity index (χ1) is 9.77. The Bertz CT molecular complexity index is 647. The van der Waals surface area contributed by atoms with Crippen molar-refractivity contribution in [3.8, 4) is 0 Å². The van der Waals surface area contributed by atoms with Gasteiger partial charge in [-0.15, -0.1) is 0 Å². The quantitative estimate of drug-likeness (QED) is 0.782. The van der Waals surface area contributed by atoms with Crippen molar-refractivity contribution in [2.24, 2.45) is 16.7 Å². The Morgan fingerprint density at radius 3 is 2.67 bits per heavy atom. The van der Waals surface area contributed by atoms with Crippen LogP contribution in [0.1, 0.15) is 39.2 Å². The number of allylic oxidation sites excluding steroid dienone is 1. The van der Waals surface area contributed by atoms with Gasteiger partial charge in [0.05, 0.1) is 10.7 Å². The van der Waals surface area contributed by atoms with Gasteiger partial charge in [-0.2, -0.15) is 0 Å². The molecule has 2 aliphatic rings.